The van der Waals surface area contributed by atoms with Crippen molar-refractivity contribution in [1.82, 2.24) is 5.43 Å². The van der Waals surface area contributed by atoms with Crippen molar-refractivity contribution >= 4 is 35.3 Å². The van der Waals surface area contributed by atoms with Crippen molar-refractivity contribution < 1.29 is 19.0 Å². The van der Waals surface area contributed by atoms with Crippen LogP contribution in [0.3, 0.4) is 0 Å². The maximum absolute atomic E-state index is 12.2. The Hall–Kier alpha value is -3.22. The number of nitrogens with one attached hydrogen (secondary N) is 1. The smallest absolute Gasteiger partial charge is 0.271 e. The molecule has 0 aliphatic carbocycles. The van der Waals surface area contributed by atoms with Gasteiger partial charge in [-0.25, -0.2) is 5.43 Å². The highest BCUT2D eigenvalue weighted by Crippen LogP contribution is 2.29. The summed E-state index contributed by atoms with van der Waals surface area (Å²) in [6.07, 6.45) is 1.52. The van der Waals surface area contributed by atoms with Crippen LogP contribution in [-0.4, -0.2) is 26.3 Å². The molecule has 6 nitrogen and oxygen atoms in total. The first-order chi connectivity index (χ1) is 15.0. The summed E-state index contributed by atoms with van der Waals surface area (Å²) in [6, 6.07) is 17.3. The van der Waals surface area contributed by atoms with Crippen LogP contribution in [0.25, 0.3) is 0 Å². The summed E-state index contributed by atoms with van der Waals surface area (Å²) in [6.45, 7) is 0.262. The Balaban J connectivity index is 1.62. The summed E-state index contributed by atoms with van der Waals surface area (Å²) in [5.41, 5.74) is 4.49. The lowest BCUT2D eigenvalue weighted by Crippen LogP contribution is -2.17. The summed E-state index contributed by atoms with van der Waals surface area (Å²) in [5, 5.41) is 5.09. The van der Waals surface area contributed by atoms with Crippen LogP contribution < -0.4 is 19.6 Å². The number of hydrazone groups is 1. The van der Waals surface area contributed by atoms with Gasteiger partial charge in [0.1, 0.15) is 12.4 Å². The van der Waals surface area contributed by atoms with Gasteiger partial charge in [-0.05, 0) is 60.2 Å². The fourth-order valence-corrected chi connectivity index (χ4v) is 3.11. The van der Waals surface area contributed by atoms with Crippen molar-refractivity contribution in [2.24, 2.45) is 5.10 Å². The second-order valence-electron chi connectivity index (χ2n) is 6.36. The van der Waals surface area contributed by atoms with Gasteiger partial charge in [-0.3, -0.25) is 4.79 Å². The molecule has 0 saturated carbocycles. The number of carbonyl (C=O) groups is 1. The summed E-state index contributed by atoms with van der Waals surface area (Å²) in [7, 11) is 3.11. The number of amides is 1. The standard InChI is InChI=1S/C23H20Cl2N2O4/c1-29-19-8-5-16(6-9-19)23(28)27-26-13-15-3-10-21(22(11-15)30-2)31-14-17-4-7-18(24)12-20(17)25/h3-13H,14H2,1-2H3,(H,27,28)/b26-13-. The quantitative estimate of drug-likeness (QED) is 0.364. The topological polar surface area (TPSA) is 69.2 Å². The third-order valence-electron chi connectivity index (χ3n) is 4.32. The van der Waals surface area contributed by atoms with E-state index in [2.05, 4.69) is 10.5 Å². The lowest BCUT2D eigenvalue weighted by molar-refractivity contribution is 0.0955. The molecular formula is C23H20Cl2N2O4. The van der Waals surface area contributed by atoms with E-state index >= 15 is 0 Å². The number of carbonyl (C=O) groups excluding carboxylic acids is 1. The zero-order valence-corrected chi connectivity index (χ0v) is 18.4. The molecule has 3 aromatic rings. The predicted molar refractivity (Wildman–Crippen MR) is 122 cm³/mol. The third-order valence-corrected chi connectivity index (χ3v) is 4.90. The summed E-state index contributed by atoms with van der Waals surface area (Å²) < 4.78 is 16.3. The number of ether oxygens (including phenoxy) is 3. The predicted octanol–water partition coefficient (Wildman–Crippen LogP) is 5.35. The Morgan fingerprint density at radius 3 is 2.42 bits per heavy atom. The Kier molecular flexibility index (Phi) is 7.76. The molecule has 0 spiro atoms. The molecule has 0 aliphatic heterocycles. The fourth-order valence-electron chi connectivity index (χ4n) is 2.65. The van der Waals surface area contributed by atoms with Gasteiger partial charge in [0.15, 0.2) is 11.5 Å². The Morgan fingerprint density at radius 2 is 1.74 bits per heavy atom. The van der Waals surface area contributed by atoms with Crippen LogP contribution in [0, 0.1) is 0 Å². The molecule has 1 amide bonds. The number of hydrogen-bond donors (Lipinski definition) is 1. The number of halogens is 2. The van der Waals surface area contributed by atoms with Crippen LogP contribution in [0.15, 0.2) is 65.8 Å². The molecule has 160 valence electrons. The zero-order valence-electron chi connectivity index (χ0n) is 16.9. The molecule has 0 fully saturated rings. The first-order valence-corrected chi connectivity index (χ1v) is 9.98. The molecule has 0 atom stereocenters. The second kappa shape index (κ2) is 10.7. The van der Waals surface area contributed by atoms with Gasteiger partial charge in [0.2, 0.25) is 0 Å². The highest BCUT2D eigenvalue weighted by molar-refractivity contribution is 6.35. The van der Waals surface area contributed by atoms with Gasteiger partial charge in [-0.15, -0.1) is 0 Å². The van der Waals surface area contributed by atoms with E-state index < -0.39 is 0 Å². The average Bonchev–Trinajstić information content (AvgIpc) is 2.79. The van der Waals surface area contributed by atoms with Crippen LogP contribution in [-0.2, 0) is 6.61 Å². The van der Waals surface area contributed by atoms with E-state index in [1.807, 2.05) is 6.07 Å². The van der Waals surface area contributed by atoms with Crippen molar-refractivity contribution in [1.29, 1.82) is 0 Å². The SMILES string of the molecule is COc1ccc(C(=O)N/N=C\c2ccc(OCc3ccc(Cl)cc3Cl)c(OC)c2)cc1. The van der Waals surface area contributed by atoms with Crippen LogP contribution in [0.1, 0.15) is 21.5 Å². The Morgan fingerprint density at radius 1 is 0.968 bits per heavy atom. The van der Waals surface area contributed by atoms with E-state index in [0.717, 1.165) is 11.1 Å². The van der Waals surface area contributed by atoms with E-state index in [9.17, 15) is 4.79 Å². The molecule has 3 rings (SSSR count). The number of rotatable bonds is 8. The highest BCUT2D eigenvalue weighted by atomic mass is 35.5. The molecule has 0 aliphatic rings. The lowest BCUT2D eigenvalue weighted by atomic mass is 10.2. The number of nitrogens with zero attached hydrogens (tertiary/aromatic N) is 1. The minimum absolute atomic E-state index is 0.262. The van der Waals surface area contributed by atoms with Gasteiger partial charge in [-0.1, -0.05) is 29.3 Å². The molecule has 31 heavy (non-hydrogen) atoms. The maximum Gasteiger partial charge on any atom is 0.271 e. The van der Waals surface area contributed by atoms with E-state index in [4.69, 9.17) is 37.4 Å². The maximum atomic E-state index is 12.2. The van der Waals surface area contributed by atoms with Gasteiger partial charge in [-0.2, -0.15) is 5.10 Å². The summed E-state index contributed by atoms with van der Waals surface area (Å²) in [4.78, 5) is 12.2. The van der Waals surface area contributed by atoms with Crippen LogP contribution in [0.4, 0.5) is 0 Å². The monoisotopic (exact) mass is 458 g/mol. The van der Waals surface area contributed by atoms with Crippen LogP contribution in [0.2, 0.25) is 10.0 Å². The van der Waals surface area contributed by atoms with Crippen LogP contribution in [0.5, 0.6) is 17.2 Å². The molecule has 3 aromatic carbocycles. The Labute approximate surface area is 190 Å². The average molecular weight is 459 g/mol. The van der Waals surface area contributed by atoms with Gasteiger partial charge in [0.05, 0.1) is 20.4 Å². The van der Waals surface area contributed by atoms with Crippen molar-refractivity contribution in [3.8, 4) is 17.2 Å². The molecule has 0 unspecified atom stereocenters. The number of hydrogen-bond acceptors (Lipinski definition) is 5. The number of methoxy groups -OCH3 is 2. The molecule has 0 aromatic heterocycles. The molecule has 0 radical (unpaired) electrons. The second-order valence-corrected chi connectivity index (χ2v) is 7.21. The summed E-state index contributed by atoms with van der Waals surface area (Å²) in [5.74, 6) is 1.42. The Bertz CT molecular complexity index is 1090. The van der Waals surface area contributed by atoms with E-state index in [1.165, 1.54) is 6.21 Å². The van der Waals surface area contributed by atoms with Crippen molar-refractivity contribution in [2.45, 2.75) is 6.61 Å². The van der Waals surface area contributed by atoms with E-state index in [0.29, 0.717) is 32.9 Å². The van der Waals surface area contributed by atoms with Gasteiger partial charge in [0.25, 0.3) is 5.91 Å². The van der Waals surface area contributed by atoms with Gasteiger partial charge >= 0.3 is 0 Å². The van der Waals surface area contributed by atoms with Crippen molar-refractivity contribution in [3.63, 3.8) is 0 Å². The van der Waals surface area contributed by atoms with Crippen LogP contribution >= 0.6 is 23.2 Å². The molecule has 0 heterocycles. The normalized spacial score (nSPS) is 10.7. The minimum Gasteiger partial charge on any atom is -0.497 e. The lowest BCUT2D eigenvalue weighted by Gasteiger charge is -2.12. The number of benzene rings is 3. The first kappa shape index (κ1) is 22.5. The zero-order chi connectivity index (χ0) is 22.2. The molecule has 8 heteroatoms. The fraction of sp³-hybridized carbons (Fsp3) is 0.130. The molecule has 0 saturated heterocycles. The van der Waals surface area contributed by atoms with Gasteiger partial charge < -0.3 is 14.2 Å². The molecular weight excluding hydrogens is 439 g/mol. The molecule has 1 N–H and O–H groups in total. The third kappa shape index (κ3) is 6.13. The van der Waals surface area contributed by atoms with Crippen molar-refractivity contribution in [2.75, 3.05) is 14.2 Å². The van der Waals surface area contributed by atoms with E-state index in [-0.39, 0.29) is 12.5 Å². The molecule has 0 bridgehead atoms. The van der Waals surface area contributed by atoms with Gasteiger partial charge in [0, 0.05) is 21.2 Å². The van der Waals surface area contributed by atoms with E-state index in [1.54, 1.807) is 68.8 Å². The first-order valence-electron chi connectivity index (χ1n) is 9.22. The highest BCUT2D eigenvalue weighted by Gasteiger charge is 2.08. The minimum atomic E-state index is -0.328. The van der Waals surface area contributed by atoms with Crippen molar-refractivity contribution in [3.05, 3.63) is 87.4 Å². The largest absolute Gasteiger partial charge is 0.497 e. The summed E-state index contributed by atoms with van der Waals surface area (Å²) >= 11 is 12.1.